The maximum atomic E-state index is 10.6. The van der Waals surface area contributed by atoms with Crippen LogP contribution in [0.4, 0.5) is 5.69 Å². The van der Waals surface area contributed by atoms with Gasteiger partial charge in [0.2, 0.25) is 0 Å². The van der Waals surface area contributed by atoms with Gasteiger partial charge in [0.05, 0.1) is 0 Å². The van der Waals surface area contributed by atoms with E-state index >= 15 is 0 Å². The normalized spacial score (nSPS) is 9.31. The minimum absolute atomic E-state index is 0.0330. The highest BCUT2D eigenvalue weighted by molar-refractivity contribution is 7.82. The minimum Gasteiger partial charge on any atom is -0.364 e. The molecule has 0 radical (unpaired) electrons. The molecule has 0 aromatic heterocycles. The van der Waals surface area contributed by atoms with Gasteiger partial charge < -0.3 is 11.1 Å². The molecule has 3 N–H and O–H groups in total. The van der Waals surface area contributed by atoms with Crippen molar-refractivity contribution in [3.8, 4) is 0 Å². The summed E-state index contributed by atoms with van der Waals surface area (Å²) in [6.07, 6.45) is 0. The Labute approximate surface area is 81.9 Å². The number of carbonyl (C=O) groups is 1. The SMILES string of the molecule is Cc1cccc(NC(=S)C(N)=O)c1. The molecule has 0 aliphatic rings. The zero-order valence-corrected chi connectivity index (χ0v) is 8.02. The number of nitrogens with two attached hydrogens (primary N) is 1. The molecular weight excluding hydrogens is 184 g/mol. The Balaban J connectivity index is 2.75. The first-order chi connectivity index (χ1) is 6.09. The van der Waals surface area contributed by atoms with Crippen molar-refractivity contribution < 1.29 is 4.79 Å². The lowest BCUT2D eigenvalue weighted by atomic mass is 10.2. The molecule has 13 heavy (non-hydrogen) atoms. The van der Waals surface area contributed by atoms with Crippen LogP contribution in [0.25, 0.3) is 0 Å². The summed E-state index contributed by atoms with van der Waals surface area (Å²) < 4.78 is 0. The van der Waals surface area contributed by atoms with Crippen LogP contribution in [0.1, 0.15) is 5.56 Å². The van der Waals surface area contributed by atoms with Crippen molar-refractivity contribution in [2.24, 2.45) is 5.73 Å². The molecule has 0 aliphatic carbocycles. The topological polar surface area (TPSA) is 55.1 Å². The molecule has 1 aromatic rings. The predicted molar refractivity (Wildman–Crippen MR) is 56.6 cm³/mol. The van der Waals surface area contributed by atoms with Gasteiger partial charge in [0.25, 0.3) is 5.91 Å². The largest absolute Gasteiger partial charge is 0.364 e. The fraction of sp³-hybridized carbons (Fsp3) is 0.111. The van der Waals surface area contributed by atoms with Gasteiger partial charge in [-0.25, -0.2) is 0 Å². The molecule has 1 aromatic carbocycles. The Kier molecular flexibility index (Phi) is 2.97. The van der Waals surface area contributed by atoms with Gasteiger partial charge in [-0.1, -0.05) is 24.4 Å². The summed E-state index contributed by atoms with van der Waals surface area (Å²) in [6.45, 7) is 1.96. The molecule has 0 bridgehead atoms. The van der Waals surface area contributed by atoms with Gasteiger partial charge in [-0.15, -0.1) is 0 Å². The second-order valence-corrected chi connectivity index (χ2v) is 3.10. The summed E-state index contributed by atoms with van der Waals surface area (Å²) in [5.41, 5.74) is 6.86. The highest BCUT2D eigenvalue weighted by Gasteiger charge is 2.02. The Bertz CT molecular complexity index is 349. The minimum atomic E-state index is -0.614. The van der Waals surface area contributed by atoms with E-state index in [2.05, 4.69) is 5.32 Å². The fourth-order valence-corrected chi connectivity index (χ4v) is 1.03. The molecule has 0 saturated heterocycles. The molecule has 68 valence electrons. The summed E-state index contributed by atoms with van der Waals surface area (Å²) in [5.74, 6) is -0.614. The van der Waals surface area contributed by atoms with Crippen LogP contribution >= 0.6 is 12.2 Å². The van der Waals surface area contributed by atoms with Crippen molar-refractivity contribution in [2.75, 3.05) is 5.32 Å². The predicted octanol–water partition coefficient (Wildman–Crippen LogP) is 1.22. The van der Waals surface area contributed by atoms with Crippen molar-refractivity contribution in [1.82, 2.24) is 0 Å². The monoisotopic (exact) mass is 194 g/mol. The van der Waals surface area contributed by atoms with Crippen LogP contribution in [0, 0.1) is 6.92 Å². The van der Waals surface area contributed by atoms with Crippen LogP contribution in [0.15, 0.2) is 24.3 Å². The highest BCUT2D eigenvalue weighted by Crippen LogP contribution is 2.09. The summed E-state index contributed by atoms with van der Waals surface area (Å²) in [7, 11) is 0. The number of aryl methyl sites for hydroxylation is 1. The maximum Gasteiger partial charge on any atom is 0.276 e. The molecule has 1 amide bonds. The molecular formula is C9H10N2OS. The van der Waals surface area contributed by atoms with Gasteiger partial charge >= 0.3 is 0 Å². The van der Waals surface area contributed by atoms with E-state index < -0.39 is 5.91 Å². The van der Waals surface area contributed by atoms with Crippen molar-refractivity contribution >= 4 is 28.8 Å². The van der Waals surface area contributed by atoms with Crippen molar-refractivity contribution in [3.05, 3.63) is 29.8 Å². The van der Waals surface area contributed by atoms with Gasteiger partial charge in [0, 0.05) is 5.69 Å². The van der Waals surface area contributed by atoms with E-state index in [9.17, 15) is 4.79 Å². The number of primary amides is 1. The van der Waals surface area contributed by atoms with Gasteiger partial charge in [-0.05, 0) is 24.6 Å². The van der Waals surface area contributed by atoms with E-state index in [0.29, 0.717) is 0 Å². The third kappa shape index (κ3) is 2.83. The quantitative estimate of drug-likeness (QED) is 0.661. The van der Waals surface area contributed by atoms with Crippen molar-refractivity contribution in [3.63, 3.8) is 0 Å². The summed E-state index contributed by atoms with van der Waals surface area (Å²) in [4.78, 5) is 10.6. The molecule has 3 nitrogen and oxygen atoms in total. The van der Waals surface area contributed by atoms with Crippen molar-refractivity contribution in [2.45, 2.75) is 6.92 Å². The lowest BCUT2D eigenvalue weighted by molar-refractivity contribution is -0.111. The lowest BCUT2D eigenvalue weighted by Crippen LogP contribution is -2.27. The van der Waals surface area contributed by atoms with Crippen LogP contribution in [-0.4, -0.2) is 10.9 Å². The number of hydrogen-bond acceptors (Lipinski definition) is 2. The first-order valence-electron chi connectivity index (χ1n) is 3.77. The summed E-state index contributed by atoms with van der Waals surface area (Å²) in [5, 5.41) is 2.74. The number of anilines is 1. The Hall–Kier alpha value is -1.42. The Morgan fingerprint density at radius 2 is 2.23 bits per heavy atom. The lowest BCUT2D eigenvalue weighted by Gasteiger charge is -2.04. The van der Waals surface area contributed by atoms with E-state index in [1.807, 2.05) is 31.2 Å². The number of amides is 1. The van der Waals surface area contributed by atoms with E-state index in [1.54, 1.807) is 0 Å². The van der Waals surface area contributed by atoms with Gasteiger partial charge in [-0.3, -0.25) is 4.79 Å². The number of nitrogens with one attached hydrogen (secondary N) is 1. The molecule has 0 heterocycles. The molecule has 0 spiro atoms. The zero-order valence-electron chi connectivity index (χ0n) is 7.20. The first kappa shape index (κ1) is 9.67. The fourth-order valence-electron chi connectivity index (χ4n) is 0.916. The van der Waals surface area contributed by atoms with Crippen LogP contribution in [0.3, 0.4) is 0 Å². The second kappa shape index (κ2) is 4.00. The van der Waals surface area contributed by atoms with E-state index in [-0.39, 0.29) is 4.99 Å². The molecule has 0 fully saturated rings. The second-order valence-electron chi connectivity index (χ2n) is 2.69. The van der Waals surface area contributed by atoms with Gasteiger partial charge in [0.15, 0.2) is 4.99 Å². The summed E-state index contributed by atoms with van der Waals surface area (Å²) in [6, 6.07) is 7.54. The maximum absolute atomic E-state index is 10.6. The van der Waals surface area contributed by atoms with Gasteiger partial charge in [0.1, 0.15) is 0 Å². The molecule has 0 saturated carbocycles. The van der Waals surface area contributed by atoms with E-state index in [0.717, 1.165) is 11.3 Å². The summed E-state index contributed by atoms with van der Waals surface area (Å²) >= 11 is 4.72. The number of carbonyl (C=O) groups excluding carboxylic acids is 1. The molecule has 0 unspecified atom stereocenters. The third-order valence-corrected chi connectivity index (χ3v) is 1.80. The molecule has 0 aliphatic heterocycles. The number of benzene rings is 1. The van der Waals surface area contributed by atoms with Crippen LogP contribution in [0.2, 0.25) is 0 Å². The number of rotatable bonds is 1. The van der Waals surface area contributed by atoms with Crippen LogP contribution < -0.4 is 11.1 Å². The number of thiocarbonyl (C=S) groups is 1. The standard InChI is InChI=1S/C9H10N2OS/c1-6-3-2-4-7(5-6)11-9(13)8(10)12/h2-5H,1H3,(H2,10,12)(H,11,13). The van der Waals surface area contributed by atoms with Crippen LogP contribution in [-0.2, 0) is 4.79 Å². The third-order valence-electron chi connectivity index (χ3n) is 1.50. The average molecular weight is 194 g/mol. The number of hydrogen-bond donors (Lipinski definition) is 2. The Morgan fingerprint density at radius 1 is 1.54 bits per heavy atom. The molecule has 0 atom stereocenters. The van der Waals surface area contributed by atoms with E-state index in [4.69, 9.17) is 18.0 Å². The molecule has 4 heteroatoms. The van der Waals surface area contributed by atoms with Gasteiger partial charge in [-0.2, -0.15) is 0 Å². The molecule has 1 rings (SSSR count). The van der Waals surface area contributed by atoms with E-state index in [1.165, 1.54) is 0 Å². The van der Waals surface area contributed by atoms with Crippen molar-refractivity contribution in [1.29, 1.82) is 0 Å². The van der Waals surface area contributed by atoms with Crippen LogP contribution in [0.5, 0.6) is 0 Å². The Morgan fingerprint density at radius 3 is 2.77 bits per heavy atom. The smallest absolute Gasteiger partial charge is 0.276 e. The first-order valence-corrected chi connectivity index (χ1v) is 4.18. The highest BCUT2D eigenvalue weighted by atomic mass is 32.1. The average Bonchev–Trinajstić information content (AvgIpc) is 2.04. The zero-order chi connectivity index (χ0) is 9.84.